The minimum atomic E-state index is -0.229. The van der Waals surface area contributed by atoms with Crippen LogP contribution >= 0.6 is 0 Å². The second-order valence-corrected chi connectivity index (χ2v) is 7.93. The van der Waals surface area contributed by atoms with E-state index in [0.29, 0.717) is 24.6 Å². The van der Waals surface area contributed by atoms with Crippen molar-refractivity contribution in [3.05, 3.63) is 42.2 Å². The molecule has 4 rings (SSSR count). The lowest BCUT2D eigenvalue weighted by Gasteiger charge is -2.24. The molecule has 1 saturated heterocycles. The van der Waals surface area contributed by atoms with Crippen molar-refractivity contribution in [1.82, 2.24) is 25.0 Å². The normalized spacial score (nSPS) is 20.9. The molecule has 7 heteroatoms. The molecule has 1 aromatic heterocycles. The number of amides is 2. The molecule has 28 heavy (non-hydrogen) atoms. The Labute approximate surface area is 166 Å². The molecular formula is C21H30N6O. The van der Waals surface area contributed by atoms with E-state index >= 15 is 0 Å². The van der Waals surface area contributed by atoms with Gasteiger partial charge in [0, 0.05) is 19.1 Å². The van der Waals surface area contributed by atoms with Crippen molar-refractivity contribution in [2.24, 2.45) is 0 Å². The molecule has 1 aliphatic heterocycles. The Morgan fingerprint density at radius 1 is 1.07 bits per heavy atom. The Morgan fingerprint density at radius 2 is 1.89 bits per heavy atom. The summed E-state index contributed by atoms with van der Waals surface area (Å²) in [4.78, 5) is 19.0. The first kappa shape index (κ1) is 18.9. The van der Waals surface area contributed by atoms with Gasteiger partial charge in [0.1, 0.15) is 6.33 Å². The number of hydrogen-bond acceptors (Lipinski definition) is 4. The standard InChI is InChI=1S/C21H30N6O/c28-21(24-20-23-16-27(25-20)18-10-5-2-6-11-18)22-14-19-12-7-13-26(19)15-17-8-3-1-4-9-17/h1,3-4,8-9,16,18-19H,2,5-7,10-15H2,(H2,22,24,25,28). The number of rotatable bonds is 6. The average Bonchev–Trinajstić information content (AvgIpc) is 3.37. The summed E-state index contributed by atoms with van der Waals surface area (Å²) >= 11 is 0. The first-order chi connectivity index (χ1) is 13.8. The van der Waals surface area contributed by atoms with Crippen molar-refractivity contribution in [2.75, 3.05) is 18.4 Å². The summed E-state index contributed by atoms with van der Waals surface area (Å²) in [5.74, 6) is 0.385. The van der Waals surface area contributed by atoms with Crippen molar-refractivity contribution in [3.63, 3.8) is 0 Å². The summed E-state index contributed by atoms with van der Waals surface area (Å²) in [5, 5.41) is 10.2. The number of carbonyl (C=O) groups is 1. The van der Waals surface area contributed by atoms with E-state index in [1.807, 2.05) is 10.7 Å². The molecule has 1 saturated carbocycles. The van der Waals surface area contributed by atoms with E-state index in [1.54, 1.807) is 6.33 Å². The van der Waals surface area contributed by atoms with Crippen LogP contribution < -0.4 is 10.6 Å². The average molecular weight is 383 g/mol. The maximum atomic E-state index is 12.3. The van der Waals surface area contributed by atoms with Crippen LogP contribution in [-0.2, 0) is 6.54 Å². The number of nitrogens with one attached hydrogen (secondary N) is 2. The van der Waals surface area contributed by atoms with Gasteiger partial charge in [-0.25, -0.2) is 14.5 Å². The van der Waals surface area contributed by atoms with Crippen LogP contribution in [0, 0.1) is 0 Å². The second-order valence-electron chi connectivity index (χ2n) is 7.93. The number of aromatic nitrogens is 3. The topological polar surface area (TPSA) is 75.1 Å². The zero-order valence-corrected chi connectivity index (χ0v) is 16.4. The lowest BCUT2D eigenvalue weighted by molar-refractivity contribution is 0.228. The first-order valence-electron chi connectivity index (χ1n) is 10.5. The molecule has 7 nitrogen and oxygen atoms in total. The first-order valence-corrected chi connectivity index (χ1v) is 10.5. The minimum absolute atomic E-state index is 0.229. The molecule has 2 fully saturated rings. The molecule has 0 radical (unpaired) electrons. The van der Waals surface area contributed by atoms with Crippen molar-refractivity contribution in [1.29, 1.82) is 0 Å². The molecule has 2 heterocycles. The van der Waals surface area contributed by atoms with Gasteiger partial charge in [-0.2, -0.15) is 0 Å². The Hall–Kier alpha value is -2.41. The fourth-order valence-corrected chi connectivity index (χ4v) is 4.36. The smallest absolute Gasteiger partial charge is 0.321 e. The number of anilines is 1. The lowest BCUT2D eigenvalue weighted by Crippen LogP contribution is -2.41. The van der Waals surface area contributed by atoms with Gasteiger partial charge < -0.3 is 5.32 Å². The summed E-state index contributed by atoms with van der Waals surface area (Å²) in [6.07, 6.45) is 10.1. The number of likely N-dealkylation sites (tertiary alicyclic amines) is 1. The van der Waals surface area contributed by atoms with Gasteiger partial charge in [0.2, 0.25) is 5.95 Å². The molecule has 2 amide bonds. The third-order valence-corrected chi connectivity index (χ3v) is 5.91. The summed E-state index contributed by atoms with van der Waals surface area (Å²) in [6, 6.07) is 11.1. The van der Waals surface area contributed by atoms with Crippen LogP contribution in [0.25, 0.3) is 0 Å². The quantitative estimate of drug-likeness (QED) is 0.801. The van der Waals surface area contributed by atoms with Gasteiger partial charge in [-0.3, -0.25) is 10.2 Å². The Kier molecular flexibility index (Phi) is 6.21. The molecule has 1 aromatic carbocycles. The van der Waals surface area contributed by atoms with Gasteiger partial charge >= 0.3 is 6.03 Å². The Morgan fingerprint density at radius 3 is 2.71 bits per heavy atom. The predicted molar refractivity (Wildman–Crippen MR) is 109 cm³/mol. The lowest BCUT2D eigenvalue weighted by atomic mass is 9.96. The fourth-order valence-electron chi connectivity index (χ4n) is 4.36. The Balaban J connectivity index is 1.24. The van der Waals surface area contributed by atoms with Gasteiger partial charge in [0.05, 0.1) is 6.04 Å². The summed E-state index contributed by atoms with van der Waals surface area (Å²) in [7, 11) is 0. The van der Waals surface area contributed by atoms with E-state index in [1.165, 1.54) is 31.2 Å². The van der Waals surface area contributed by atoms with E-state index in [9.17, 15) is 4.79 Å². The fraction of sp³-hybridized carbons (Fsp3) is 0.571. The number of carbonyl (C=O) groups excluding carboxylic acids is 1. The van der Waals surface area contributed by atoms with Gasteiger partial charge in [-0.05, 0) is 37.8 Å². The summed E-state index contributed by atoms with van der Waals surface area (Å²) in [6.45, 7) is 2.65. The second kappa shape index (κ2) is 9.19. The highest BCUT2D eigenvalue weighted by molar-refractivity contribution is 5.87. The van der Waals surface area contributed by atoms with Crippen molar-refractivity contribution in [2.45, 2.75) is 63.6 Å². The number of nitrogens with zero attached hydrogens (tertiary/aromatic N) is 4. The highest BCUT2D eigenvalue weighted by Gasteiger charge is 2.25. The third-order valence-electron chi connectivity index (χ3n) is 5.91. The SMILES string of the molecule is O=C(NCC1CCCN1Cc1ccccc1)Nc1ncn(C2CCCCC2)n1. The highest BCUT2D eigenvalue weighted by Crippen LogP contribution is 2.27. The van der Waals surface area contributed by atoms with Crippen LogP contribution in [0.3, 0.4) is 0 Å². The zero-order chi connectivity index (χ0) is 19.2. The van der Waals surface area contributed by atoms with E-state index in [-0.39, 0.29) is 6.03 Å². The zero-order valence-electron chi connectivity index (χ0n) is 16.4. The van der Waals surface area contributed by atoms with Crippen molar-refractivity contribution >= 4 is 12.0 Å². The highest BCUT2D eigenvalue weighted by atomic mass is 16.2. The molecule has 2 N–H and O–H groups in total. The van der Waals surface area contributed by atoms with Gasteiger partial charge in [-0.15, -0.1) is 5.10 Å². The van der Waals surface area contributed by atoms with Crippen LogP contribution in [0.15, 0.2) is 36.7 Å². The molecule has 1 atom stereocenters. The molecule has 150 valence electrons. The van der Waals surface area contributed by atoms with Gasteiger partial charge in [0.15, 0.2) is 0 Å². The van der Waals surface area contributed by atoms with Crippen LogP contribution in [0.1, 0.15) is 56.6 Å². The molecule has 0 spiro atoms. The molecule has 2 aromatic rings. The number of hydrogen-bond donors (Lipinski definition) is 2. The molecular weight excluding hydrogens is 352 g/mol. The van der Waals surface area contributed by atoms with E-state index in [0.717, 1.165) is 32.4 Å². The minimum Gasteiger partial charge on any atom is -0.336 e. The molecule has 1 unspecified atom stereocenters. The largest absolute Gasteiger partial charge is 0.336 e. The van der Waals surface area contributed by atoms with Gasteiger partial charge in [0.25, 0.3) is 0 Å². The maximum absolute atomic E-state index is 12.3. The van der Waals surface area contributed by atoms with Gasteiger partial charge in [-0.1, -0.05) is 49.6 Å². The maximum Gasteiger partial charge on any atom is 0.321 e. The van der Waals surface area contributed by atoms with E-state index in [4.69, 9.17) is 0 Å². The van der Waals surface area contributed by atoms with Crippen LogP contribution in [0.2, 0.25) is 0 Å². The van der Waals surface area contributed by atoms with Crippen LogP contribution in [-0.4, -0.2) is 44.8 Å². The monoisotopic (exact) mass is 382 g/mol. The third kappa shape index (κ3) is 4.90. The predicted octanol–water partition coefficient (Wildman–Crippen LogP) is 3.57. The number of benzene rings is 1. The molecule has 1 aliphatic carbocycles. The van der Waals surface area contributed by atoms with Crippen LogP contribution in [0.4, 0.5) is 10.7 Å². The Bertz CT molecular complexity index is 755. The van der Waals surface area contributed by atoms with E-state index in [2.05, 4.69) is 49.9 Å². The summed E-state index contributed by atoms with van der Waals surface area (Å²) in [5.41, 5.74) is 1.32. The molecule has 0 bridgehead atoms. The summed E-state index contributed by atoms with van der Waals surface area (Å²) < 4.78 is 1.91. The number of urea groups is 1. The molecule has 2 aliphatic rings. The van der Waals surface area contributed by atoms with Crippen molar-refractivity contribution in [3.8, 4) is 0 Å². The van der Waals surface area contributed by atoms with Crippen LogP contribution in [0.5, 0.6) is 0 Å². The van der Waals surface area contributed by atoms with Crippen molar-refractivity contribution < 1.29 is 4.79 Å². The van der Waals surface area contributed by atoms with E-state index < -0.39 is 0 Å².